The van der Waals surface area contributed by atoms with Crippen molar-refractivity contribution in [3.8, 4) is 5.69 Å². The highest BCUT2D eigenvalue weighted by molar-refractivity contribution is 5.76. The van der Waals surface area contributed by atoms with Gasteiger partial charge >= 0.3 is 0 Å². The zero-order chi connectivity index (χ0) is 14.1. The molecule has 0 spiro atoms. The molecular formula is C15H14N4O. The van der Waals surface area contributed by atoms with Crippen LogP contribution in [0.1, 0.15) is 0 Å². The molecule has 0 aliphatic heterocycles. The predicted molar refractivity (Wildman–Crippen MR) is 79.5 cm³/mol. The first-order chi connectivity index (χ1) is 9.66. The minimum absolute atomic E-state index is 0.159. The molecule has 5 nitrogen and oxygen atoms in total. The Hall–Kier alpha value is -2.69. The van der Waals surface area contributed by atoms with Gasteiger partial charge < -0.3 is 4.90 Å². The Bertz CT molecular complexity index is 806. The van der Waals surface area contributed by atoms with Gasteiger partial charge in [0.15, 0.2) is 0 Å². The number of nitrogens with zero attached hydrogens (tertiary/aromatic N) is 4. The molecule has 0 radical (unpaired) electrons. The average molecular weight is 266 g/mol. The summed E-state index contributed by atoms with van der Waals surface area (Å²) in [5, 5.41) is 8.64. The van der Waals surface area contributed by atoms with Crippen molar-refractivity contribution in [3.63, 3.8) is 0 Å². The molecule has 0 amide bonds. The van der Waals surface area contributed by atoms with E-state index in [1.54, 1.807) is 12.1 Å². The molecule has 0 aliphatic rings. The summed E-state index contributed by atoms with van der Waals surface area (Å²) in [6.45, 7) is 0. The van der Waals surface area contributed by atoms with Gasteiger partial charge in [-0.05, 0) is 36.4 Å². The fourth-order valence-electron chi connectivity index (χ4n) is 2.05. The summed E-state index contributed by atoms with van der Waals surface area (Å²) in [5.41, 5.74) is 2.22. The Kier molecular flexibility index (Phi) is 2.95. The molecule has 2 aromatic carbocycles. The Morgan fingerprint density at radius 3 is 2.40 bits per heavy atom. The molecule has 5 heteroatoms. The molecule has 0 unspecified atom stereocenters. The Labute approximate surface area is 116 Å². The van der Waals surface area contributed by atoms with Gasteiger partial charge in [-0.1, -0.05) is 17.3 Å². The van der Waals surface area contributed by atoms with Gasteiger partial charge in [0, 0.05) is 19.8 Å². The van der Waals surface area contributed by atoms with E-state index < -0.39 is 0 Å². The van der Waals surface area contributed by atoms with Crippen LogP contribution in [0.4, 0.5) is 5.69 Å². The van der Waals surface area contributed by atoms with E-state index in [0.29, 0.717) is 16.6 Å². The van der Waals surface area contributed by atoms with E-state index in [2.05, 4.69) is 10.3 Å². The van der Waals surface area contributed by atoms with E-state index in [9.17, 15) is 4.79 Å². The van der Waals surface area contributed by atoms with Crippen LogP contribution in [0.2, 0.25) is 0 Å². The van der Waals surface area contributed by atoms with E-state index in [-0.39, 0.29) is 5.56 Å². The molecule has 0 aliphatic carbocycles. The van der Waals surface area contributed by atoms with Gasteiger partial charge in [-0.15, -0.1) is 5.10 Å². The Morgan fingerprint density at radius 2 is 1.70 bits per heavy atom. The van der Waals surface area contributed by atoms with Gasteiger partial charge in [-0.2, -0.15) is 4.68 Å². The number of hydrogen-bond acceptors (Lipinski definition) is 4. The average Bonchev–Trinajstić information content (AvgIpc) is 2.48. The van der Waals surface area contributed by atoms with E-state index in [0.717, 1.165) is 5.69 Å². The predicted octanol–water partition coefficient (Wildman–Crippen LogP) is 1.85. The van der Waals surface area contributed by atoms with Crippen LogP contribution < -0.4 is 10.5 Å². The third kappa shape index (κ3) is 2.03. The largest absolute Gasteiger partial charge is 0.378 e. The molecule has 1 heterocycles. The van der Waals surface area contributed by atoms with Crippen LogP contribution in [-0.2, 0) is 0 Å². The fourth-order valence-corrected chi connectivity index (χ4v) is 2.05. The van der Waals surface area contributed by atoms with Crippen molar-refractivity contribution in [1.82, 2.24) is 15.0 Å². The summed E-state index contributed by atoms with van der Waals surface area (Å²) in [6.07, 6.45) is 0. The maximum atomic E-state index is 12.4. The molecule has 0 saturated carbocycles. The summed E-state index contributed by atoms with van der Waals surface area (Å²) in [6, 6.07) is 14.8. The molecule has 0 bridgehead atoms. The summed E-state index contributed by atoms with van der Waals surface area (Å²) >= 11 is 0. The minimum Gasteiger partial charge on any atom is -0.378 e. The van der Waals surface area contributed by atoms with Gasteiger partial charge in [0.05, 0.1) is 11.1 Å². The molecular weight excluding hydrogens is 252 g/mol. The lowest BCUT2D eigenvalue weighted by Gasteiger charge is -2.12. The molecule has 0 N–H and O–H groups in total. The van der Waals surface area contributed by atoms with Crippen LogP contribution in [0.5, 0.6) is 0 Å². The second kappa shape index (κ2) is 4.77. The van der Waals surface area contributed by atoms with Gasteiger partial charge in [0.2, 0.25) is 0 Å². The number of anilines is 1. The van der Waals surface area contributed by atoms with E-state index in [1.165, 1.54) is 4.68 Å². The third-order valence-electron chi connectivity index (χ3n) is 3.18. The van der Waals surface area contributed by atoms with Crippen molar-refractivity contribution >= 4 is 16.6 Å². The van der Waals surface area contributed by atoms with Crippen molar-refractivity contribution in [2.45, 2.75) is 0 Å². The van der Waals surface area contributed by atoms with E-state index >= 15 is 0 Å². The Balaban J connectivity index is 2.15. The van der Waals surface area contributed by atoms with Crippen LogP contribution >= 0.6 is 0 Å². The molecule has 3 aromatic rings. The van der Waals surface area contributed by atoms with Gasteiger partial charge in [0.25, 0.3) is 5.56 Å². The highest BCUT2D eigenvalue weighted by Crippen LogP contribution is 2.14. The van der Waals surface area contributed by atoms with Crippen LogP contribution in [0.3, 0.4) is 0 Å². The monoisotopic (exact) mass is 266 g/mol. The molecule has 0 fully saturated rings. The highest BCUT2D eigenvalue weighted by atomic mass is 16.1. The van der Waals surface area contributed by atoms with E-state index in [4.69, 9.17) is 0 Å². The topological polar surface area (TPSA) is 51.0 Å². The van der Waals surface area contributed by atoms with Crippen molar-refractivity contribution in [3.05, 3.63) is 58.9 Å². The zero-order valence-electron chi connectivity index (χ0n) is 11.3. The first-order valence-electron chi connectivity index (χ1n) is 6.29. The Morgan fingerprint density at radius 1 is 1.00 bits per heavy atom. The summed E-state index contributed by atoms with van der Waals surface area (Å²) in [7, 11) is 3.94. The van der Waals surface area contributed by atoms with Crippen LogP contribution in [0.25, 0.3) is 16.6 Å². The number of hydrogen-bond donors (Lipinski definition) is 0. The smallest absolute Gasteiger partial charge is 0.282 e. The quantitative estimate of drug-likeness (QED) is 0.710. The first-order valence-corrected chi connectivity index (χ1v) is 6.29. The van der Waals surface area contributed by atoms with Crippen molar-refractivity contribution in [2.75, 3.05) is 19.0 Å². The number of benzene rings is 2. The van der Waals surface area contributed by atoms with Crippen molar-refractivity contribution in [2.24, 2.45) is 0 Å². The van der Waals surface area contributed by atoms with Crippen LogP contribution in [0, 0.1) is 0 Å². The molecule has 3 rings (SSSR count). The lowest BCUT2D eigenvalue weighted by molar-refractivity contribution is 0.738. The molecule has 100 valence electrons. The number of fused-ring (bicyclic) bond motifs is 1. The molecule has 20 heavy (non-hydrogen) atoms. The molecule has 0 atom stereocenters. The number of aromatic nitrogens is 3. The molecule has 0 saturated heterocycles. The lowest BCUT2D eigenvalue weighted by atomic mass is 10.2. The van der Waals surface area contributed by atoms with Crippen LogP contribution in [0.15, 0.2) is 53.3 Å². The SMILES string of the molecule is CN(C)c1ccc(-n2nnc3ccccc3c2=O)cc1. The third-order valence-corrected chi connectivity index (χ3v) is 3.18. The van der Waals surface area contributed by atoms with Gasteiger partial charge in [0.1, 0.15) is 5.52 Å². The lowest BCUT2D eigenvalue weighted by Crippen LogP contribution is -2.22. The summed E-state index contributed by atoms with van der Waals surface area (Å²) < 4.78 is 1.32. The zero-order valence-corrected chi connectivity index (χ0v) is 11.3. The van der Waals surface area contributed by atoms with Crippen molar-refractivity contribution < 1.29 is 0 Å². The normalized spacial score (nSPS) is 10.7. The second-order valence-electron chi connectivity index (χ2n) is 4.73. The highest BCUT2D eigenvalue weighted by Gasteiger charge is 2.07. The number of rotatable bonds is 2. The standard InChI is InChI=1S/C15H14N4O/c1-18(2)11-7-9-12(10-8-11)19-15(20)13-5-3-4-6-14(13)16-17-19/h3-10H,1-2H3. The first kappa shape index (κ1) is 12.3. The van der Waals surface area contributed by atoms with Gasteiger partial charge in [-0.3, -0.25) is 4.79 Å². The van der Waals surface area contributed by atoms with E-state index in [1.807, 2.05) is 55.4 Å². The van der Waals surface area contributed by atoms with Gasteiger partial charge in [-0.25, -0.2) is 0 Å². The van der Waals surface area contributed by atoms with Crippen molar-refractivity contribution in [1.29, 1.82) is 0 Å². The summed E-state index contributed by atoms with van der Waals surface area (Å²) in [4.78, 5) is 14.4. The maximum Gasteiger partial charge on any atom is 0.282 e. The maximum absolute atomic E-state index is 12.4. The van der Waals surface area contributed by atoms with Crippen LogP contribution in [-0.4, -0.2) is 29.1 Å². The summed E-state index contributed by atoms with van der Waals surface area (Å²) in [5.74, 6) is 0. The fraction of sp³-hybridized carbons (Fsp3) is 0.133. The molecule has 1 aromatic heterocycles. The minimum atomic E-state index is -0.159. The second-order valence-corrected chi connectivity index (χ2v) is 4.73.